The predicted molar refractivity (Wildman–Crippen MR) is 60.9 cm³/mol. The van der Waals surface area contributed by atoms with Gasteiger partial charge in [0.25, 0.3) is 0 Å². The van der Waals surface area contributed by atoms with E-state index in [1.54, 1.807) is 30.5 Å². The van der Waals surface area contributed by atoms with Crippen molar-refractivity contribution in [2.75, 3.05) is 0 Å². The molecular formula is C13H11NO2. The van der Waals surface area contributed by atoms with Crippen LogP contribution in [0.4, 0.5) is 0 Å². The summed E-state index contributed by atoms with van der Waals surface area (Å²) in [6, 6.07) is 10.7. The van der Waals surface area contributed by atoms with Crippen molar-refractivity contribution in [1.29, 1.82) is 0 Å². The van der Waals surface area contributed by atoms with E-state index in [1.807, 2.05) is 19.1 Å². The second-order valence-electron chi connectivity index (χ2n) is 3.43. The molecule has 0 saturated carbocycles. The van der Waals surface area contributed by atoms with E-state index < -0.39 is 0 Å². The Morgan fingerprint density at radius 2 is 2.06 bits per heavy atom. The van der Waals surface area contributed by atoms with Gasteiger partial charge >= 0.3 is 0 Å². The third kappa shape index (κ3) is 2.45. The monoisotopic (exact) mass is 213 g/mol. The maximum Gasteiger partial charge on any atom is 0.150 e. The molecule has 2 aromatic rings. The van der Waals surface area contributed by atoms with Crippen molar-refractivity contribution in [2.45, 2.75) is 6.92 Å². The number of aryl methyl sites for hydroxylation is 1. The summed E-state index contributed by atoms with van der Waals surface area (Å²) in [4.78, 5) is 14.7. The molecule has 0 unspecified atom stereocenters. The first kappa shape index (κ1) is 10.4. The summed E-state index contributed by atoms with van der Waals surface area (Å²) in [7, 11) is 0. The zero-order valence-electron chi connectivity index (χ0n) is 8.88. The van der Waals surface area contributed by atoms with Crippen LogP contribution in [-0.4, -0.2) is 11.3 Å². The van der Waals surface area contributed by atoms with Crippen molar-refractivity contribution in [1.82, 2.24) is 4.98 Å². The number of hydrogen-bond donors (Lipinski definition) is 0. The Hall–Kier alpha value is -2.16. The van der Waals surface area contributed by atoms with Crippen molar-refractivity contribution < 1.29 is 9.53 Å². The fraction of sp³-hybridized carbons (Fsp3) is 0.0769. The molecule has 1 aromatic carbocycles. The maximum absolute atomic E-state index is 10.6. The van der Waals surface area contributed by atoms with Gasteiger partial charge in [0.1, 0.15) is 17.8 Å². The number of carbonyl (C=O) groups excluding carboxylic acids is 1. The Balaban J connectivity index is 2.20. The van der Waals surface area contributed by atoms with E-state index in [9.17, 15) is 4.79 Å². The molecule has 3 heteroatoms. The van der Waals surface area contributed by atoms with Gasteiger partial charge in [0.2, 0.25) is 0 Å². The van der Waals surface area contributed by atoms with Crippen LogP contribution in [0.25, 0.3) is 0 Å². The second-order valence-corrected chi connectivity index (χ2v) is 3.43. The highest BCUT2D eigenvalue weighted by Gasteiger charge is 1.98. The van der Waals surface area contributed by atoms with E-state index in [-0.39, 0.29) is 0 Å². The van der Waals surface area contributed by atoms with Crippen LogP contribution in [0.5, 0.6) is 11.5 Å². The topological polar surface area (TPSA) is 39.2 Å². The van der Waals surface area contributed by atoms with Crippen molar-refractivity contribution >= 4 is 6.29 Å². The molecule has 0 aliphatic carbocycles. The Labute approximate surface area is 93.7 Å². The molecule has 0 fully saturated rings. The molecule has 0 saturated heterocycles. The Bertz CT molecular complexity index is 492. The Morgan fingerprint density at radius 1 is 1.19 bits per heavy atom. The standard InChI is InChI=1S/C13H11NO2/c1-10-5-6-13(8-14-10)16-12-4-2-3-11(7-12)9-15/h2-9H,1H3. The highest BCUT2D eigenvalue weighted by atomic mass is 16.5. The number of carbonyl (C=O) groups is 1. The molecular weight excluding hydrogens is 202 g/mol. The van der Waals surface area contributed by atoms with Gasteiger partial charge in [-0.25, -0.2) is 0 Å². The van der Waals surface area contributed by atoms with Crippen LogP contribution in [0, 0.1) is 6.92 Å². The molecule has 0 radical (unpaired) electrons. The lowest BCUT2D eigenvalue weighted by Gasteiger charge is -2.05. The van der Waals surface area contributed by atoms with Crippen molar-refractivity contribution in [2.24, 2.45) is 0 Å². The highest BCUT2D eigenvalue weighted by Crippen LogP contribution is 2.20. The van der Waals surface area contributed by atoms with Gasteiger partial charge in [0, 0.05) is 11.3 Å². The first-order valence-electron chi connectivity index (χ1n) is 4.94. The molecule has 0 N–H and O–H groups in total. The van der Waals surface area contributed by atoms with Crippen LogP contribution in [0.1, 0.15) is 16.1 Å². The second kappa shape index (κ2) is 4.57. The average Bonchev–Trinajstić information content (AvgIpc) is 2.32. The number of benzene rings is 1. The molecule has 0 spiro atoms. The van der Waals surface area contributed by atoms with Gasteiger partial charge in [-0.15, -0.1) is 0 Å². The summed E-state index contributed by atoms with van der Waals surface area (Å²) < 4.78 is 5.55. The average molecular weight is 213 g/mol. The summed E-state index contributed by atoms with van der Waals surface area (Å²) in [6.45, 7) is 1.91. The fourth-order valence-corrected chi connectivity index (χ4v) is 1.30. The first-order valence-corrected chi connectivity index (χ1v) is 4.94. The number of hydrogen-bond acceptors (Lipinski definition) is 3. The van der Waals surface area contributed by atoms with Crippen LogP contribution in [0.2, 0.25) is 0 Å². The SMILES string of the molecule is Cc1ccc(Oc2cccc(C=O)c2)cn1. The van der Waals surface area contributed by atoms with Crippen LogP contribution in [0.3, 0.4) is 0 Å². The minimum Gasteiger partial charge on any atom is -0.456 e. The molecule has 1 heterocycles. The lowest BCUT2D eigenvalue weighted by atomic mass is 10.2. The normalized spacial score (nSPS) is 9.81. The van der Waals surface area contributed by atoms with Crippen molar-refractivity contribution in [3.05, 3.63) is 53.9 Å². The minimum atomic E-state index is 0.595. The van der Waals surface area contributed by atoms with Crippen molar-refractivity contribution in [3.63, 3.8) is 0 Å². The molecule has 0 bridgehead atoms. The van der Waals surface area contributed by atoms with E-state index in [2.05, 4.69) is 4.98 Å². The zero-order valence-corrected chi connectivity index (χ0v) is 8.88. The smallest absolute Gasteiger partial charge is 0.150 e. The number of aromatic nitrogens is 1. The van der Waals surface area contributed by atoms with Crippen LogP contribution in [-0.2, 0) is 0 Å². The Kier molecular flexibility index (Phi) is 2.96. The van der Waals surface area contributed by atoms with Crippen LogP contribution in [0.15, 0.2) is 42.6 Å². The van der Waals surface area contributed by atoms with E-state index in [1.165, 1.54) is 0 Å². The van der Waals surface area contributed by atoms with E-state index in [4.69, 9.17) is 4.74 Å². The van der Waals surface area contributed by atoms with Gasteiger partial charge in [-0.1, -0.05) is 12.1 Å². The van der Waals surface area contributed by atoms with Crippen LogP contribution < -0.4 is 4.74 Å². The van der Waals surface area contributed by atoms with Gasteiger partial charge in [0.15, 0.2) is 0 Å². The Morgan fingerprint density at radius 3 is 2.75 bits per heavy atom. The molecule has 3 nitrogen and oxygen atoms in total. The number of aldehydes is 1. The minimum absolute atomic E-state index is 0.595. The maximum atomic E-state index is 10.6. The molecule has 1 aromatic heterocycles. The van der Waals surface area contributed by atoms with Gasteiger partial charge < -0.3 is 4.74 Å². The number of nitrogens with zero attached hydrogens (tertiary/aromatic N) is 1. The molecule has 0 aliphatic rings. The van der Waals surface area contributed by atoms with Gasteiger partial charge in [-0.2, -0.15) is 0 Å². The van der Waals surface area contributed by atoms with E-state index in [0.717, 1.165) is 12.0 Å². The molecule has 2 rings (SSSR count). The summed E-state index contributed by atoms with van der Waals surface area (Å²) in [5.74, 6) is 1.30. The third-order valence-electron chi connectivity index (χ3n) is 2.11. The lowest BCUT2D eigenvalue weighted by Crippen LogP contribution is -1.88. The zero-order chi connectivity index (χ0) is 11.4. The summed E-state index contributed by atoms with van der Waals surface area (Å²) in [5.41, 5.74) is 1.53. The van der Waals surface area contributed by atoms with E-state index >= 15 is 0 Å². The number of pyridine rings is 1. The molecule has 0 atom stereocenters. The number of rotatable bonds is 3. The predicted octanol–water partition coefficient (Wildman–Crippen LogP) is 2.99. The molecule has 0 aliphatic heterocycles. The number of ether oxygens (including phenoxy) is 1. The van der Waals surface area contributed by atoms with Gasteiger partial charge in [-0.05, 0) is 31.2 Å². The fourth-order valence-electron chi connectivity index (χ4n) is 1.30. The van der Waals surface area contributed by atoms with E-state index in [0.29, 0.717) is 17.1 Å². The summed E-state index contributed by atoms with van der Waals surface area (Å²) in [6.07, 6.45) is 2.45. The molecule has 16 heavy (non-hydrogen) atoms. The first-order chi connectivity index (χ1) is 7.78. The highest BCUT2D eigenvalue weighted by molar-refractivity contribution is 5.75. The lowest BCUT2D eigenvalue weighted by molar-refractivity contribution is 0.112. The largest absolute Gasteiger partial charge is 0.456 e. The summed E-state index contributed by atoms with van der Waals surface area (Å²) in [5, 5.41) is 0. The molecule has 0 amide bonds. The molecule has 80 valence electrons. The third-order valence-corrected chi connectivity index (χ3v) is 2.11. The van der Waals surface area contributed by atoms with Gasteiger partial charge in [0.05, 0.1) is 6.20 Å². The summed E-state index contributed by atoms with van der Waals surface area (Å²) >= 11 is 0. The van der Waals surface area contributed by atoms with Gasteiger partial charge in [-0.3, -0.25) is 9.78 Å². The van der Waals surface area contributed by atoms with Crippen molar-refractivity contribution in [3.8, 4) is 11.5 Å². The van der Waals surface area contributed by atoms with Crippen LogP contribution >= 0.6 is 0 Å². The quantitative estimate of drug-likeness (QED) is 0.736.